The maximum absolute atomic E-state index is 14.2. The number of aliphatic hydroxyl groups excluding tert-OH is 8. The van der Waals surface area contributed by atoms with Crippen molar-refractivity contribution in [3.8, 4) is 0 Å². The summed E-state index contributed by atoms with van der Waals surface area (Å²) >= 11 is 0. The molecule has 3 aliphatic carbocycles. The average Bonchev–Trinajstić information content (AvgIpc) is 0.783. The van der Waals surface area contributed by atoms with Gasteiger partial charge in [-0.2, -0.15) is 0 Å². The van der Waals surface area contributed by atoms with Crippen molar-refractivity contribution >= 4 is 41.4 Å². The van der Waals surface area contributed by atoms with Crippen LogP contribution in [0, 0.1) is 35.0 Å². The van der Waals surface area contributed by atoms with Gasteiger partial charge >= 0.3 is 5.97 Å². The Morgan fingerprint density at radius 3 is 1.69 bits per heavy atom. The molecule has 3 saturated carbocycles. The molecule has 32 nitrogen and oxygen atoms in total. The van der Waals surface area contributed by atoms with Gasteiger partial charge in [0, 0.05) is 89.6 Å². The van der Waals surface area contributed by atoms with E-state index in [1.165, 1.54) is 13.8 Å². The largest absolute Gasteiger partial charge is 0.479 e. The summed E-state index contributed by atoms with van der Waals surface area (Å²) in [6, 6.07) is -2.16. The molecule has 0 spiro atoms. The molecule has 0 unspecified atom stereocenters. The molecule has 592 valence electrons. The molecular weight excluding hydrogens is 1350 g/mol. The Morgan fingerprint density at radius 1 is 0.553 bits per heavy atom. The first-order valence-electron chi connectivity index (χ1n) is 37.5. The molecule has 26 atom stereocenters. The second-order valence-corrected chi connectivity index (χ2v) is 30.8. The Balaban J connectivity index is 0.880. The maximum Gasteiger partial charge on any atom is 0.332 e. The maximum atomic E-state index is 14.2. The van der Waals surface area contributed by atoms with Crippen LogP contribution in [0.15, 0.2) is 0 Å². The van der Waals surface area contributed by atoms with Crippen LogP contribution in [0.25, 0.3) is 0 Å². The summed E-state index contributed by atoms with van der Waals surface area (Å²) in [6.07, 6.45) is -15.3. The molecule has 6 amide bonds. The van der Waals surface area contributed by atoms with Crippen LogP contribution in [0.4, 0.5) is 0 Å². The van der Waals surface area contributed by atoms with Crippen LogP contribution < -0.4 is 31.9 Å². The van der Waals surface area contributed by atoms with E-state index in [9.17, 15) is 79.5 Å². The van der Waals surface area contributed by atoms with E-state index in [-0.39, 0.29) is 120 Å². The predicted octanol–water partition coefficient (Wildman–Crippen LogP) is -0.0660. The SMILES string of the molecule is CC[C@H]1C[C@@H](C(=O)NCCNC(=O)C(C)(C)CCOC(C)(C)CCC(=O)NCCNC(=O)[C@@H]2C[C@H](CC)[C@@H](O[C@@H]3O[C@@H](C)C[C@@H](O)[C@@H]3O)[C@H](O[C@@H]3O[C@H](CO)[C@H](O)C[C@H]3NC(C)=O)C2)C[C@@H](O[C@@H]2O[C@H](CO)[C@H](O)[C@H](O[C@@H](CC3CCCCC3)C(=O)O)[C@H]2NC(C)=O)[C@@H]1O[C@@H]1O[C@@H](C)[C@@H](O)C[C@@H]1O. The van der Waals surface area contributed by atoms with Crippen LogP contribution in [0.5, 0.6) is 0 Å². The molecule has 0 bridgehead atoms. The molecular formula is C71H122N6O26. The molecule has 4 heterocycles. The van der Waals surface area contributed by atoms with Crippen LogP contribution in [-0.4, -0.2) is 274 Å². The second kappa shape index (κ2) is 40.1. The van der Waals surface area contributed by atoms with Crippen molar-refractivity contribution in [2.45, 2.75) is 325 Å². The lowest BCUT2D eigenvalue weighted by molar-refractivity contribution is -0.328. The zero-order valence-electron chi connectivity index (χ0n) is 61.7. The Labute approximate surface area is 604 Å². The van der Waals surface area contributed by atoms with E-state index in [4.69, 9.17) is 47.4 Å². The van der Waals surface area contributed by atoms with Crippen LogP contribution in [0.2, 0.25) is 0 Å². The fourth-order valence-electron chi connectivity index (χ4n) is 15.3. The van der Waals surface area contributed by atoms with Gasteiger partial charge in [0.25, 0.3) is 0 Å². The normalized spacial score (nSPS) is 36.5. The molecule has 0 radical (unpaired) electrons. The van der Waals surface area contributed by atoms with Crippen LogP contribution in [0.3, 0.4) is 0 Å². The van der Waals surface area contributed by atoms with E-state index < -0.39 is 195 Å². The lowest BCUT2D eigenvalue weighted by Crippen LogP contribution is -2.67. The van der Waals surface area contributed by atoms with Gasteiger partial charge in [-0.05, 0) is 90.4 Å². The van der Waals surface area contributed by atoms with E-state index in [0.29, 0.717) is 32.1 Å². The van der Waals surface area contributed by atoms with Gasteiger partial charge in [0.2, 0.25) is 35.4 Å². The van der Waals surface area contributed by atoms with Gasteiger partial charge in [0.05, 0.1) is 79.8 Å². The quantitative estimate of drug-likeness (QED) is 0.0369. The minimum atomic E-state index is -1.62. The summed E-state index contributed by atoms with van der Waals surface area (Å²) < 4.78 is 62.8. The molecule has 0 aromatic heterocycles. The van der Waals surface area contributed by atoms with Crippen molar-refractivity contribution in [2.75, 3.05) is 46.0 Å². The highest BCUT2D eigenvalue weighted by atomic mass is 16.7. The number of amides is 6. The number of carbonyl (C=O) groups excluding carboxylic acids is 6. The number of aliphatic hydroxyl groups is 8. The monoisotopic (exact) mass is 1470 g/mol. The van der Waals surface area contributed by atoms with Gasteiger partial charge in [-0.25, -0.2) is 4.79 Å². The first-order chi connectivity index (χ1) is 48.7. The van der Waals surface area contributed by atoms with Crippen molar-refractivity contribution in [2.24, 2.45) is 35.0 Å². The minimum Gasteiger partial charge on any atom is -0.479 e. The molecule has 15 N–H and O–H groups in total. The molecule has 103 heavy (non-hydrogen) atoms. The first kappa shape index (κ1) is 85.8. The predicted molar refractivity (Wildman–Crippen MR) is 365 cm³/mol. The number of carboxylic acid groups (broad SMARTS) is 1. The van der Waals surface area contributed by atoms with Gasteiger partial charge in [0.15, 0.2) is 31.3 Å². The number of nitrogens with one attached hydrogen (secondary N) is 6. The van der Waals surface area contributed by atoms with Crippen LogP contribution in [-0.2, 0) is 80.9 Å². The zero-order chi connectivity index (χ0) is 75.6. The summed E-state index contributed by atoms with van der Waals surface area (Å²) in [7, 11) is 0. The number of aliphatic carboxylic acids is 1. The molecule has 0 aromatic carbocycles. The number of carboxylic acids is 1. The Kier molecular flexibility index (Phi) is 33.4. The third kappa shape index (κ3) is 24.8. The smallest absolute Gasteiger partial charge is 0.332 e. The lowest BCUT2D eigenvalue weighted by atomic mass is 9.75. The number of rotatable bonds is 35. The molecule has 32 heteroatoms. The van der Waals surface area contributed by atoms with E-state index >= 15 is 0 Å². The summed E-state index contributed by atoms with van der Waals surface area (Å²) in [5.41, 5.74) is -1.71. The number of ether oxygens (including phenoxy) is 10. The topological polar surface area (TPSA) is 466 Å². The first-order valence-corrected chi connectivity index (χ1v) is 37.5. The summed E-state index contributed by atoms with van der Waals surface area (Å²) in [6.45, 7) is 16.2. The third-order valence-electron chi connectivity index (χ3n) is 21.6. The Morgan fingerprint density at radius 2 is 1.12 bits per heavy atom. The van der Waals surface area contributed by atoms with Gasteiger partial charge in [-0.3, -0.25) is 28.8 Å². The molecule has 7 rings (SSSR count). The number of carbonyl (C=O) groups is 7. The summed E-state index contributed by atoms with van der Waals surface area (Å²) in [5, 5.41) is 113. The molecule has 0 aromatic rings. The minimum absolute atomic E-state index is 0.00744. The molecule has 7 aliphatic rings. The van der Waals surface area contributed by atoms with Crippen molar-refractivity contribution in [1.82, 2.24) is 31.9 Å². The molecule has 4 saturated heterocycles. The second-order valence-electron chi connectivity index (χ2n) is 30.8. The van der Waals surface area contributed by atoms with E-state index in [1.54, 1.807) is 27.7 Å². The van der Waals surface area contributed by atoms with E-state index in [0.717, 1.165) is 32.1 Å². The summed E-state index contributed by atoms with van der Waals surface area (Å²) in [4.78, 5) is 93.0. The Hall–Kier alpha value is -4.43. The van der Waals surface area contributed by atoms with Crippen molar-refractivity contribution in [1.29, 1.82) is 0 Å². The standard InChI is InChI=1S/C71H122N6O26/c1-11-41-28-44(31-51(59(41)102-66-49(85)33-46(82)37(4)96-66)99-67-56(77-39(6)81)61(58(88)54(35-79)101-67)97-52(64(91)92)27-40-16-14-13-15-17-40)63(90)74-23-24-75-69(93)70(7,8)20-25-94-71(9,10)19-18-55(86)72-21-22-73-62(89)43-29-42(12-2)60(103-68-57(87)48(84)26-36(3)95-68)50(30-43)98-65-45(76-38(5)80)32-47(83)53(34-78)100-65/h36-37,40-54,56-61,65-68,78-79,82-85,87-88H,11-35H2,1-10H3,(H,72,86)(H,73,89)(H,74,90)(H,75,93)(H,76,80)(H,77,81)(H,91,92)/t36-,37-,41-,42-,43+,44+,45+,46-,47+,48+,49-,50+,51+,52-,53+,54+,56+,57-,58-,59+,60+,61+,65+,66-,67+,68-/m0/s1. The highest BCUT2D eigenvalue weighted by Crippen LogP contribution is 2.42. The number of hydrogen-bond donors (Lipinski definition) is 15. The van der Waals surface area contributed by atoms with Crippen molar-refractivity contribution in [3.05, 3.63) is 0 Å². The Bertz CT molecular complexity index is 2700. The van der Waals surface area contributed by atoms with Crippen molar-refractivity contribution < 1.29 is 127 Å². The average molecular weight is 1480 g/mol. The fraction of sp³-hybridized carbons (Fsp3) is 0.901. The molecule has 4 aliphatic heterocycles. The van der Waals surface area contributed by atoms with E-state index in [1.807, 2.05) is 27.7 Å². The highest BCUT2D eigenvalue weighted by Gasteiger charge is 2.54. The lowest BCUT2D eigenvalue weighted by Gasteiger charge is -2.49. The van der Waals surface area contributed by atoms with Crippen LogP contribution in [0.1, 0.15) is 185 Å². The van der Waals surface area contributed by atoms with E-state index in [2.05, 4.69) is 31.9 Å². The third-order valence-corrected chi connectivity index (χ3v) is 21.6. The van der Waals surface area contributed by atoms with Gasteiger partial charge in [-0.1, -0.05) is 72.6 Å². The van der Waals surface area contributed by atoms with Gasteiger partial charge in [0.1, 0.15) is 42.7 Å². The molecule has 7 fully saturated rings. The fourth-order valence-corrected chi connectivity index (χ4v) is 15.3. The van der Waals surface area contributed by atoms with Gasteiger partial charge < -0.3 is 125 Å². The zero-order valence-corrected chi connectivity index (χ0v) is 61.7. The van der Waals surface area contributed by atoms with Crippen molar-refractivity contribution in [3.63, 3.8) is 0 Å². The van der Waals surface area contributed by atoms with Gasteiger partial charge in [-0.15, -0.1) is 0 Å². The number of hydrogen-bond acceptors (Lipinski definition) is 25. The van der Waals surface area contributed by atoms with Crippen LogP contribution >= 0.6 is 0 Å². The highest BCUT2D eigenvalue weighted by molar-refractivity contribution is 5.82. The summed E-state index contributed by atoms with van der Waals surface area (Å²) in [5.74, 6) is -5.57.